The minimum Gasteiger partial charge on any atom is -0.371 e. The van der Waals surface area contributed by atoms with Crippen LogP contribution in [0.5, 0.6) is 0 Å². The third-order valence-electron chi connectivity index (χ3n) is 7.25. The van der Waals surface area contributed by atoms with Gasteiger partial charge in [-0.05, 0) is 75.4 Å². The molecular formula is C28H38FN3O4S. The number of amides is 1. The van der Waals surface area contributed by atoms with Gasteiger partial charge >= 0.3 is 0 Å². The third-order valence-corrected chi connectivity index (χ3v) is 9.16. The van der Waals surface area contributed by atoms with E-state index in [0.717, 1.165) is 18.4 Å². The lowest BCUT2D eigenvalue weighted by Gasteiger charge is -2.50. The maximum absolute atomic E-state index is 13.9. The molecule has 2 fully saturated rings. The number of anilines is 1. The van der Waals surface area contributed by atoms with E-state index in [9.17, 15) is 17.6 Å². The highest BCUT2D eigenvalue weighted by Crippen LogP contribution is 2.35. The molecule has 0 saturated carbocycles. The number of nitrogens with zero attached hydrogens (tertiary/aromatic N) is 2. The van der Waals surface area contributed by atoms with Gasteiger partial charge in [0, 0.05) is 24.8 Å². The van der Waals surface area contributed by atoms with Crippen molar-refractivity contribution in [2.45, 2.75) is 63.5 Å². The van der Waals surface area contributed by atoms with Crippen LogP contribution in [0.25, 0.3) is 0 Å². The highest BCUT2D eigenvalue weighted by Gasteiger charge is 2.47. The van der Waals surface area contributed by atoms with Crippen LogP contribution in [0.1, 0.15) is 44.2 Å². The lowest BCUT2D eigenvalue weighted by Crippen LogP contribution is -2.64. The lowest BCUT2D eigenvalue weighted by molar-refractivity contribution is -0.146. The fraction of sp³-hybridized carbons (Fsp3) is 0.536. The minimum absolute atomic E-state index is 0.126. The number of halogens is 1. The Balaban J connectivity index is 1.49. The Morgan fingerprint density at radius 2 is 1.89 bits per heavy atom. The Morgan fingerprint density at radius 3 is 2.57 bits per heavy atom. The normalized spacial score (nSPS) is 23.5. The van der Waals surface area contributed by atoms with E-state index in [0.29, 0.717) is 48.2 Å². The summed E-state index contributed by atoms with van der Waals surface area (Å²) in [7, 11) is -3.72. The smallest absolute Gasteiger partial charge is 0.243 e. The van der Waals surface area contributed by atoms with Crippen molar-refractivity contribution in [1.82, 2.24) is 9.21 Å². The zero-order valence-corrected chi connectivity index (χ0v) is 23.0. The van der Waals surface area contributed by atoms with E-state index in [-0.39, 0.29) is 30.9 Å². The first-order chi connectivity index (χ1) is 17.5. The first-order valence-electron chi connectivity index (χ1n) is 13.0. The van der Waals surface area contributed by atoms with Gasteiger partial charge in [-0.1, -0.05) is 37.6 Å². The van der Waals surface area contributed by atoms with Crippen LogP contribution in [0.2, 0.25) is 0 Å². The molecule has 2 aliphatic heterocycles. The van der Waals surface area contributed by atoms with Crippen LogP contribution in [-0.4, -0.2) is 68.0 Å². The molecule has 9 heteroatoms. The molecule has 37 heavy (non-hydrogen) atoms. The van der Waals surface area contributed by atoms with Gasteiger partial charge in [0.15, 0.2) is 0 Å². The maximum Gasteiger partial charge on any atom is 0.243 e. The van der Waals surface area contributed by atoms with Crippen molar-refractivity contribution in [1.29, 1.82) is 0 Å². The molecule has 2 aliphatic rings. The molecule has 1 N–H and O–H groups in total. The molecule has 2 aromatic carbocycles. The fourth-order valence-electron chi connectivity index (χ4n) is 5.32. The SMILES string of the molecule is Cc1ccc(S(=O)(=O)N2CC3(CCCN(CC(=O)Nc4ccc(C)c(F)c4)C3)OC[C@@H]2CC(C)C)cc1. The van der Waals surface area contributed by atoms with Gasteiger partial charge in [-0.15, -0.1) is 0 Å². The fourth-order valence-corrected chi connectivity index (χ4v) is 7.01. The number of carbonyl (C=O) groups is 1. The van der Waals surface area contributed by atoms with E-state index in [1.807, 2.05) is 24.0 Å². The molecular weight excluding hydrogens is 493 g/mol. The zero-order valence-electron chi connectivity index (χ0n) is 22.2. The van der Waals surface area contributed by atoms with Crippen molar-refractivity contribution < 1.29 is 22.3 Å². The molecule has 2 atom stereocenters. The van der Waals surface area contributed by atoms with Crippen LogP contribution in [0, 0.1) is 25.6 Å². The largest absolute Gasteiger partial charge is 0.371 e. The predicted molar refractivity (Wildman–Crippen MR) is 142 cm³/mol. The molecule has 0 bridgehead atoms. The van der Waals surface area contributed by atoms with E-state index in [1.165, 1.54) is 6.07 Å². The number of likely N-dealkylation sites (tertiary alicyclic amines) is 1. The van der Waals surface area contributed by atoms with Crippen LogP contribution < -0.4 is 5.32 Å². The highest BCUT2D eigenvalue weighted by molar-refractivity contribution is 7.89. The molecule has 2 saturated heterocycles. The zero-order chi connectivity index (χ0) is 26.8. The van der Waals surface area contributed by atoms with Crippen molar-refractivity contribution in [3.8, 4) is 0 Å². The molecule has 2 heterocycles. The number of benzene rings is 2. The molecule has 0 aliphatic carbocycles. The summed E-state index contributed by atoms with van der Waals surface area (Å²) >= 11 is 0. The van der Waals surface area contributed by atoms with E-state index >= 15 is 0 Å². The lowest BCUT2D eigenvalue weighted by atomic mass is 9.89. The Bertz CT molecular complexity index is 1220. The van der Waals surface area contributed by atoms with Crippen LogP contribution in [0.15, 0.2) is 47.4 Å². The minimum atomic E-state index is -3.72. The maximum atomic E-state index is 13.9. The quantitative estimate of drug-likeness (QED) is 0.575. The second-order valence-corrected chi connectivity index (χ2v) is 12.9. The van der Waals surface area contributed by atoms with Gasteiger partial charge in [0.05, 0.1) is 23.6 Å². The number of nitrogens with one attached hydrogen (secondary N) is 1. The standard InChI is InChI=1S/C28H38FN3O4S/c1-20(2)14-24-17-36-28(19-32(24)37(34,35)25-10-6-21(3)7-11-25)12-5-13-31(18-28)16-27(33)30-23-9-8-22(4)26(29)15-23/h6-11,15,20,24H,5,12-14,16-19H2,1-4H3,(H,30,33)/t24-,28?/m0/s1. The third kappa shape index (κ3) is 6.57. The Hall–Kier alpha value is -2.33. The molecule has 4 rings (SSSR count). The van der Waals surface area contributed by atoms with Gasteiger partial charge in [0.25, 0.3) is 0 Å². The van der Waals surface area contributed by atoms with Crippen molar-refractivity contribution in [3.05, 3.63) is 59.4 Å². The number of sulfonamides is 1. The number of aryl methyl sites for hydroxylation is 2. The van der Waals surface area contributed by atoms with Gasteiger partial charge in [-0.3, -0.25) is 9.69 Å². The number of piperidine rings is 1. The monoisotopic (exact) mass is 531 g/mol. The molecule has 1 spiro atoms. The average Bonchev–Trinajstić information content (AvgIpc) is 2.83. The molecule has 202 valence electrons. The first-order valence-corrected chi connectivity index (χ1v) is 14.4. The van der Waals surface area contributed by atoms with Crippen molar-refractivity contribution in [2.75, 3.05) is 38.1 Å². The summed E-state index contributed by atoms with van der Waals surface area (Å²) in [5.74, 6) is -0.286. The topological polar surface area (TPSA) is 79.0 Å². The molecule has 2 aromatic rings. The number of morpholine rings is 1. The molecule has 1 amide bonds. The number of hydrogen-bond donors (Lipinski definition) is 1. The summed E-state index contributed by atoms with van der Waals surface area (Å²) in [5.41, 5.74) is 1.26. The molecule has 0 aromatic heterocycles. The van der Waals surface area contributed by atoms with E-state index in [1.54, 1.807) is 35.5 Å². The number of hydrogen-bond acceptors (Lipinski definition) is 5. The summed E-state index contributed by atoms with van der Waals surface area (Å²) in [6.07, 6.45) is 2.22. The predicted octanol–water partition coefficient (Wildman–Crippen LogP) is 4.35. The Labute approximate surface area is 220 Å². The summed E-state index contributed by atoms with van der Waals surface area (Å²) in [5, 5.41) is 2.77. The second-order valence-electron chi connectivity index (χ2n) is 11.0. The van der Waals surface area contributed by atoms with Gasteiger partial charge in [0.2, 0.25) is 15.9 Å². The molecule has 1 unspecified atom stereocenters. The van der Waals surface area contributed by atoms with Gasteiger partial charge < -0.3 is 10.1 Å². The average molecular weight is 532 g/mol. The van der Waals surface area contributed by atoms with Crippen LogP contribution >= 0.6 is 0 Å². The van der Waals surface area contributed by atoms with Crippen molar-refractivity contribution >= 4 is 21.6 Å². The number of carbonyl (C=O) groups excluding carboxylic acids is 1. The first kappa shape index (κ1) is 27.7. The van der Waals surface area contributed by atoms with Crippen LogP contribution in [0.3, 0.4) is 0 Å². The Morgan fingerprint density at radius 1 is 1.16 bits per heavy atom. The van der Waals surface area contributed by atoms with Gasteiger partial charge in [-0.2, -0.15) is 4.31 Å². The van der Waals surface area contributed by atoms with Crippen LogP contribution in [-0.2, 0) is 19.6 Å². The summed E-state index contributed by atoms with van der Waals surface area (Å²) in [6.45, 7) is 9.65. The van der Waals surface area contributed by atoms with Crippen molar-refractivity contribution in [3.63, 3.8) is 0 Å². The Kier molecular flexibility index (Phi) is 8.38. The number of ether oxygens (including phenoxy) is 1. The van der Waals surface area contributed by atoms with E-state index < -0.39 is 15.6 Å². The van der Waals surface area contributed by atoms with E-state index in [4.69, 9.17) is 4.74 Å². The highest BCUT2D eigenvalue weighted by atomic mass is 32.2. The summed E-state index contributed by atoms with van der Waals surface area (Å²) < 4.78 is 49.5. The summed E-state index contributed by atoms with van der Waals surface area (Å²) in [6, 6.07) is 11.4. The molecule has 0 radical (unpaired) electrons. The second kappa shape index (κ2) is 11.2. The summed E-state index contributed by atoms with van der Waals surface area (Å²) in [4.78, 5) is 15.0. The molecule has 7 nitrogen and oxygen atoms in total. The van der Waals surface area contributed by atoms with Gasteiger partial charge in [-0.25, -0.2) is 12.8 Å². The number of rotatable bonds is 7. The van der Waals surface area contributed by atoms with Crippen molar-refractivity contribution in [2.24, 2.45) is 5.92 Å². The van der Waals surface area contributed by atoms with E-state index in [2.05, 4.69) is 19.2 Å². The van der Waals surface area contributed by atoms with Crippen LogP contribution in [0.4, 0.5) is 10.1 Å². The van der Waals surface area contributed by atoms with Gasteiger partial charge in [0.1, 0.15) is 5.82 Å².